The van der Waals surface area contributed by atoms with Gasteiger partial charge in [-0.3, -0.25) is 0 Å². The Morgan fingerprint density at radius 1 is 1.35 bits per heavy atom. The number of aliphatic hydroxyl groups excluding tert-OH is 1. The number of nitrogens with zero attached hydrogens (tertiary/aromatic N) is 2. The quantitative estimate of drug-likeness (QED) is 0.939. The number of rotatable bonds is 4. The Kier molecular flexibility index (Phi) is 4.00. The standard InChI is InChI=1S/C15H18N2O2S/c1-19-10-13-14(9-18)20-15(16-13)17-7-6-11-4-2-3-5-12(11)8-17/h2-5,18H,6-10H2,1H3. The van der Waals surface area contributed by atoms with E-state index in [1.54, 1.807) is 18.4 Å². The van der Waals surface area contributed by atoms with Crippen molar-refractivity contribution >= 4 is 16.5 Å². The molecule has 0 saturated carbocycles. The smallest absolute Gasteiger partial charge is 0.186 e. The molecule has 1 N–H and O–H groups in total. The number of hydrogen-bond donors (Lipinski definition) is 1. The van der Waals surface area contributed by atoms with E-state index in [9.17, 15) is 5.11 Å². The number of fused-ring (bicyclic) bond motifs is 1. The van der Waals surface area contributed by atoms with Crippen LogP contribution in [0.2, 0.25) is 0 Å². The average molecular weight is 290 g/mol. The number of methoxy groups -OCH3 is 1. The summed E-state index contributed by atoms with van der Waals surface area (Å²) < 4.78 is 5.14. The highest BCUT2D eigenvalue weighted by Crippen LogP contribution is 2.30. The van der Waals surface area contributed by atoms with Crippen molar-refractivity contribution in [3.8, 4) is 0 Å². The Bertz CT molecular complexity index is 597. The minimum atomic E-state index is 0.0286. The maximum absolute atomic E-state index is 9.41. The monoisotopic (exact) mass is 290 g/mol. The van der Waals surface area contributed by atoms with Crippen molar-refractivity contribution in [1.29, 1.82) is 0 Å². The molecule has 20 heavy (non-hydrogen) atoms. The van der Waals surface area contributed by atoms with Gasteiger partial charge in [-0.25, -0.2) is 4.98 Å². The summed E-state index contributed by atoms with van der Waals surface area (Å²) in [5.41, 5.74) is 3.65. The second-order valence-corrected chi connectivity index (χ2v) is 5.96. The lowest BCUT2D eigenvalue weighted by Crippen LogP contribution is -2.30. The molecule has 0 spiro atoms. The number of anilines is 1. The van der Waals surface area contributed by atoms with Gasteiger partial charge >= 0.3 is 0 Å². The zero-order valence-corrected chi connectivity index (χ0v) is 12.3. The number of benzene rings is 1. The van der Waals surface area contributed by atoms with Gasteiger partial charge in [0, 0.05) is 20.2 Å². The van der Waals surface area contributed by atoms with Crippen molar-refractivity contribution in [2.24, 2.45) is 0 Å². The lowest BCUT2D eigenvalue weighted by Gasteiger charge is -2.28. The van der Waals surface area contributed by atoms with E-state index in [-0.39, 0.29) is 6.61 Å². The van der Waals surface area contributed by atoms with E-state index in [0.29, 0.717) is 6.61 Å². The lowest BCUT2D eigenvalue weighted by atomic mass is 10.0. The topological polar surface area (TPSA) is 45.6 Å². The van der Waals surface area contributed by atoms with E-state index in [1.165, 1.54) is 11.1 Å². The molecular weight excluding hydrogens is 272 g/mol. The molecule has 1 aromatic carbocycles. The summed E-state index contributed by atoms with van der Waals surface area (Å²) in [5.74, 6) is 0. The first-order valence-electron chi connectivity index (χ1n) is 6.72. The van der Waals surface area contributed by atoms with Crippen LogP contribution in [0.4, 0.5) is 5.13 Å². The summed E-state index contributed by atoms with van der Waals surface area (Å²) in [7, 11) is 1.65. The van der Waals surface area contributed by atoms with Crippen molar-refractivity contribution in [1.82, 2.24) is 4.98 Å². The first kappa shape index (κ1) is 13.5. The average Bonchev–Trinajstić information content (AvgIpc) is 2.90. The molecule has 3 rings (SSSR count). The maximum Gasteiger partial charge on any atom is 0.186 e. The second kappa shape index (κ2) is 5.91. The molecule has 0 aliphatic carbocycles. The van der Waals surface area contributed by atoms with Crippen LogP contribution in [0.3, 0.4) is 0 Å². The second-order valence-electron chi connectivity index (χ2n) is 4.90. The van der Waals surface area contributed by atoms with Gasteiger partial charge < -0.3 is 14.7 Å². The molecule has 2 heterocycles. The molecule has 1 aliphatic rings. The molecule has 0 fully saturated rings. The Morgan fingerprint density at radius 3 is 2.90 bits per heavy atom. The molecule has 2 aromatic rings. The van der Waals surface area contributed by atoms with E-state index in [0.717, 1.165) is 35.2 Å². The first-order chi connectivity index (χ1) is 9.81. The van der Waals surface area contributed by atoms with Crippen LogP contribution in [0.25, 0.3) is 0 Å². The summed E-state index contributed by atoms with van der Waals surface area (Å²) in [6.07, 6.45) is 1.05. The molecule has 106 valence electrons. The summed E-state index contributed by atoms with van der Waals surface area (Å²) in [5, 5.41) is 10.4. The largest absolute Gasteiger partial charge is 0.391 e. The Hall–Kier alpha value is -1.43. The molecule has 0 atom stereocenters. The molecule has 0 radical (unpaired) electrons. The minimum Gasteiger partial charge on any atom is -0.391 e. The fourth-order valence-corrected chi connectivity index (χ4v) is 3.49. The van der Waals surface area contributed by atoms with Crippen molar-refractivity contribution in [2.75, 3.05) is 18.6 Å². The maximum atomic E-state index is 9.41. The number of aliphatic hydroxyl groups is 1. The SMILES string of the molecule is COCc1nc(N2CCc3ccccc3C2)sc1CO. The van der Waals surface area contributed by atoms with Crippen molar-refractivity contribution < 1.29 is 9.84 Å². The van der Waals surface area contributed by atoms with Crippen LogP contribution < -0.4 is 4.90 Å². The summed E-state index contributed by atoms with van der Waals surface area (Å²) in [6, 6.07) is 8.56. The summed E-state index contributed by atoms with van der Waals surface area (Å²) in [4.78, 5) is 7.81. The van der Waals surface area contributed by atoms with Crippen LogP contribution in [-0.4, -0.2) is 23.7 Å². The van der Waals surface area contributed by atoms with E-state index < -0.39 is 0 Å². The third-order valence-electron chi connectivity index (χ3n) is 3.59. The van der Waals surface area contributed by atoms with Crippen LogP contribution in [0.5, 0.6) is 0 Å². The van der Waals surface area contributed by atoms with Gasteiger partial charge in [0.05, 0.1) is 23.8 Å². The highest BCUT2D eigenvalue weighted by molar-refractivity contribution is 7.15. The van der Waals surface area contributed by atoms with Crippen LogP contribution in [0.15, 0.2) is 24.3 Å². The zero-order chi connectivity index (χ0) is 13.9. The van der Waals surface area contributed by atoms with Gasteiger partial charge in [-0.05, 0) is 17.5 Å². The van der Waals surface area contributed by atoms with Crippen molar-refractivity contribution in [3.05, 3.63) is 46.0 Å². The Balaban J connectivity index is 1.84. The minimum absolute atomic E-state index is 0.0286. The molecule has 0 amide bonds. The van der Waals surface area contributed by atoms with E-state index in [2.05, 4.69) is 34.1 Å². The summed E-state index contributed by atoms with van der Waals surface area (Å²) >= 11 is 1.57. The number of ether oxygens (including phenoxy) is 1. The highest BCUT2D eigenvalue weighted by Gasteiger charge is 2.20. The van der Waals surface area contributed by atoms with Gasteiger partial charge in [-0.1, -0.05) is 35.6 Å². The van der Waals surface area contributed by atoms with Gasteiger partial charge in [0.25, 0.3) is 0 Å². The molecule has 1 aliphatic heterocycles. The lowest BCUT2D eigenvalue weighted by molar-refractivity contribution is 0.179. The molecular formula is C15H18N2O2S. The molecule has 4 nitrogen and oxygen atoms in total. The van der Waals surface area contributed by atoms with Gasteiger partial charge in [0.1, 0.15) is 0 Å². The number of hydrogen-bond acceptors (Lipinski definition) is 5. The van der Waals surface area contributed by atoms with Gasteiger partial charge in [-0.2, -0.15) is 0 Å². The van der Waals surface area contributed by atoms with Crippen LogP contribution in [0, 0.1) is 0 Å². The Morgan fingerprint density at radius 2 is 2.15 bits per heavy atom. The van der Waals surface area contributed by atoms with Crippen molar-refractivity contribution in [3.63, 3.8) is 0 Å². The van der Waals surface area contributed by atoms with Gasteiger partial charge in [0.15, 0.2) is 5.13 Å². The fourth-order valence-electron chi connectivity index (χ4n) is 2.54. The number of thiazole rings is 1. The number of aromatic nitrogens is 1. The molecule has 0 bridgehead atoms. The predicted octanol–water partition coefficient (Wildman–Crippen LogP) is 2.34. The highest BCUT2D eigenvalue weighted by atomic mass is 32.1. The van der Waals surface area contributed by atoms with Crippen LogP contribution in [0.1, 0.15) is 21.7 Å². The third kappa shape index (κ3) is 2.57. The fraction of sp³-hybridized carbons (Fsp3) is 0.400. The third-order valence-corrected chi connectivity index (χ3v) is 4.74. The first-order valence-corrected chi connectivity index (χ1v) is 7.53. The normalized spacial score (nSPS) is 14.4. The van der Waals surface area contributed by atoms with Gasteiger partial charge in [0.2, 0.25) is 0 Å². The van der Waals surface area contributed by atoms with E-state index >= 15 is 0 Å². The van der Waals surface area contributed by atoms with E-state index in [1.807, 2.05) is 0 Å². The molecule has 1 aromatic heterocycles. The van der Waals surface area contributed by atoms with Crippen LogP contribution in [-0.2, 0) is 30.9 Å². The van der Waals surface area contributed by atoms with Crippen molar-refractivity contribution in [2.45, 2.75) is 26.2 Å². The zero-order valence-electron chi connectivity index (χ0n) is 11.5. The predicted molar refractivity (Wildman–Crippen MR) is 79.9 cm³/mol. The van der Waals surface area contributed by atoms with Crippen LogP contribution >= 0.6 is 11.3 Å². The molecule has 5 heteroatoms. The summed E-state index contributed by atoms with van der Waals surface area (Å²) in [6.45, 7) is 2.35. The Labute approximate surface area is 122 Å². The molecule has 0 unspecified atom stereocenters. The van der Waals surface area contributed by atoms with E-state index in [4.69, 9.17) is 4.74 Å². The molecule has 0 saturated heterocycles. The van der Waals surface area contributed by atoms with Gasteiger partial charge in [-0.15, -0.1) is 0 Å².